The second-order valence-corrected chi connectivity index (χ2v) is 12.4. The fourth-order valence-electron chi connectivity index (χ4n) is 7.37. The molecule has 11 nitrogen and oxygen atoms in total. The molecular weight excluding hydrogens is 544 g/mol. The maximum Gasteiger partial charge on any atom is 0.254 e. The number of hydrogen-bond acceptors (Lipinski definition) is 7. The van der Waals surface area contributed by atoms with Gasteiger partial charge in [-0.25, -0.2) is 9.67 Å². The maximum atomic E-state index is 13.7. The van der Waals surface area contributed by atoms with E-state index in [-0.39, 0.29) is 24.6 Å². The Labute approximate surface area is 248 Å². The molecule has 3 atom stereocenters. The Morgan fingerprint density at radius 2 is 2.00 bits per heavy atom. The van der Waals surface area contributed by atoms with Crippen LogP contribution in [0.1, 0.15) is 36.0 Å². The zero-order valence-corrected chi connectivity index (χ0v) is 24.5. The van der Waals surface area contributed by atoms with E-state index in [1.54, 1.807) is 11.8 Å². The zero-order valence-electron chi connectivity index (χ0n) is 24.5. The monoisotopic (exact) mass is 580 g/mol. The standard InChI is InChI=1S/C32H36N8O3/c1-37-30-23(12-21(14-27(30)43-2)32(42)40-16-20-8-9-25(40)28(20)33)34-31(37)26-13-19-4-3-5-22(24-17-38(10-11-41)36-35-24)29(19)39(26)15-18-6-7-18/h3-5,12-14,17-18,20,25,28,41H,6-11,15-16,33H2,1-2H3/t20-,25-,28-/m1/s1. The first-order valence-corrected chi connectivity index (χ1v) is 15.2. The van der Waals surface area contributed by atoms with E-state index in [9.17, 15) is 9.90 Å². The molecule has 1 amide bonds. The quantitative estimate of drug-likeness (QED) is 0.288. The largest absolute Gasteiger partial charge is 0.494 e. The number of aryl methyl sites for hydroxylation is 1. The van der Waals surface area contributed by atoms with E-state index < -0.39 is 0 Å². The van der Waals surface area contributed by atoms with Gasteiger partial charge in [0.1, 0.15) is 17.0 Å². The molecule has 5 aromatic rings. The van der Waals surface area contributed by atoms with E-state index in [4.69, 9.17) is 15.5 Å². The fraction of sp³-hybridized carbons (Fsp3) is 0.438. The second-order valence-electron chi connectivity index (χ2n) is 12.4. The maximum absolute atomic E-state index is 13.7. The molecule has 3 fully saturated rings. The number of fused-ring (bicyclic) bond motifs is 4. The summed E-state index contributed by atoms with van der Waals surface area (Å²) >= 11 is 0. The number of carbonyl (C=O) groups excluding carboxylic acids is 1. The number of ether oxygens (including phenoxy) is 1. The van der Waals surface area contributed by atoms with Crippen LogP contribution in [0.5, 0.6) is 5.75 Å². The number of methoxy groups -OCH3 is 1. The number of benzene rings is 2. The van der Waals surface area contributed by atoms with Gasteiger partial charge in [-0.3, -0.25) is 4.79 Å². The molecule has 222 valence electrons. The van der Waals surface area contributed by atoms with Gasteiger partial charge in [-0.15, -0.1) is 5.10 Å². The van der Waals surface area contributed by atoms with Crippen molar-refractivity contribution in [3.8, 4) is 28.5 Å². The Hall–Kier alpha value is -4.22. The van der Waals surface area contributed by atoms with E-state index in [2.05, 4.69) is 37.6 Å². The van der Waals surface area contributed by atoms with Gasteiger partial charge in [-0.1, -0.05) is 23.4 Å². The SMILES string of the molecule is COc1cc(C(=O)N2C[C@H]3CC[C@@H]2[C@@H]3N)cc2nc(-c3cc4cccc(-c5cn(CCO)nn5)c4n3CC3CC3)n(C)c12. The molecule has 1 aliphatic heterocycles. The number of aliphatic hydroxyl groups excluding tert-OH is 1. The predicted octanol–water partition coefficient (Wildman–Crippen LogP) is 3.43. The highest BCUT2D eigenvalue weighted by Crippen LogP contribution is 2.41. The normalized spacial score (nSPS) is 21.5. The number of rotatable bonds is 8. The van der Waals surface area contributed by atoms with Crippen LogP contribution in [0.4, 0.5) is 0 Å². The molecule has 4 heterocycles. The second kappa shape index (κ2) is 9.92. The van der Waals surface area contributed by atoms with Gasteiger partial charge >= 0.3 is 0 Å². The van der Waals surface area contributed by atoms with Gasteiger partial charge in [0.25, 0.3) is 5.91 Å². The number of hydrogen-bond donors (Lipinski definition) is 2. The van der Waals surface area contributed by atoms with Crippen molar-refractivity contribution in [1.82, 2.24) is 34.0 Å². The molecule has 0 spiro atoms. The van der Waals surface area contributed by atoms with Gasteiger partial charge in [-0.05, 0) is 55.7 Å². The first-order chi connectivity index (χ1) is 20.9. The highest BCUT2D eigenvalue weighted by molar-refractivity contribution is 6.01. The van der Waals surface area contributed by atoms with E-state index in [1.807, 2.05) is 36.3 Å². The molecule has 3 N–H and O–H groups in total. The molecule has 2 aliphatic carbocycles. The number of nitrogens with zero attached hydrogens (tertiary/aromatic N) is 7. The number of para-hydroxylation sites is 1. The van der Waals surface area contributed by atoms with E-state index in [0.717, 1.165) is 70.6 Å². The smallest absolute Gasteiger partial charge is 0.254 e. The first kappa shape index (κ1) is 26.4. The number of imidazole rings is 1. The Balaban J connectivity index is 1.26. The summed E-state index contributed by atoms with van der Waals surface area (Å²) in [5.74, 6) is 2.44. The molecule has 0 radical (unpaired) electrons. The highest BCUT2D eigenvalue weighted by atomic mass is 16.5. The van der Waals surface area contributed by atoms with Gasteiger partial charge < -0.3 is 29.6 Å². The number of amides is 1. The summed E-state index contributed by atoms with van der Waals surface area (Å²) < 4.78 is 12.0. The van der Waals surface area contributed by atoms with Crippen LogP contribution >= 0.6 is 0 Å². The Bertz CT molecular complexity index is 1880. The van der Waals surface area contributed by atoms with Crippen LogP contribution in [0, 0.1) is 11.8 Å². The summed E-state index contributed by atoms with van der Waals surface area (Å²) in [6, 6.07) is 12.4. The molecule has 11 heteroatoms. The molecule has 2 aromatic carbocycles. The van der Waals surface area contributed by atoms with Crippen molar-refractivity contribution in [3.05, 3.63) is 48.2 Å². The van der Waals surface area contributed by atoms with Gasteiger partial charge in [0.2, 0.25) is 0 Å². The van der Waals surface area contributed by atoms with Crippen molar-refractivity contribution in [3.63, 3.8) is 0 Å². The molecule has 2 saturated carbocycles. The van der Waals surface area contributed by atoms with E-state index >= 15 is 0 Å². The molecule has 2 bridgehead atoms. The average molecular weight is 581 g/mol. The van der Waals surface area contributed by atoms with Gasteiger partial charge in [-0.2, -0.15) is 0 Å². The average Bonchev–Trinajstić information content (AvgIpc) is 3.31. The van der Waals surface area contributed by atoms with Crippen LogP contribution < -0.4 is 10.5 Å². The summed E-state index contributed by atoms with van der Waals surface area (Å²) in [5, 5.41) is 19.1. The summed E-state index contributed by atoms with van der Waals surface area (Å²) in [6.45, 7) is 2.00. The Morgan fingerprint density at radius 3 is 2.72 bits per heavy atom. The summed E-state index contributed by atoms with van der Waals surface area (Å²) in [6.07, 6.45) is 6.36. The Morgan fingerprint density at radius 1 is 1.14 bits per heavy atom. The van der Waals surface area contributed by atoms with Crippen LogP contribution in [0.2, 0.25) is 0 Å². The molecular formula is C32H36N8O3. The first-order valence-electron chi connectivity index (χ1n) is 15.2. The lowest BCUT2D eigenvalue weighted by Crippen LogP contribution is -2.41. The van der Waals surface area contributed by atoms with Crippen molar-refractivity contribution >= 4 is 27.8 Å². The van der Waals surface area contributed by atoms with Crippen LogP contribution in [-0.4, -0.2) is 77.4 Å². The summed E-state index contributed by atoms with van der Waals surface area (Å²) in [4.78, 5) is 20.8. The minimum atomic E-state index is -0.00298. The third-order valence-corrected chi connectivity index (χ3v) is 9.75. The minimum Gasteiger partial charge on any atom is -0.494 e. The number of aromatic nitrogens is 6. The van der Waals surface area contributed by atoms with Crippen LogP contribution in [0.15, 0.2) is 42.6 Å². The minimum absolute atomic E-state index is 0.00298. The predicted molar refractivity (Wildman–Crippen MR) is 163 cm³/mol. The summed E-state index contributed by atoms with van der Waals surface area (Å²) in [7, 11) is 3.65. The van der Waals surface area contributed by atoms with Gasteiger partial charge in [0, 0.05) is 48.7 Å². The van der Waals surface area contributed by atoms with Crippen molar-refractivity contribution in [2.24, 2.45) is 24.6 Å². The zero-order chi connectivity index (χ0) is 29.4. The highest BCUT2D eigenvalue weighted by Gasteiger charge is 2.47. The molecule has 3 aromatic heterocycles. The van der Waals surface area contributed by atoms with Crippen molar-refractivity contribution in [2.75, 3.05) is 20.3 Å². The van der Waals surface area contributed by atoms with Gasteiger partial charge in [0.05, 0.1) is 43.2 Å². The van der Waals surface area contributed by atoms with Crippen molar-refractivity contribution < 1.29 is 14.6 Å². The third kappa shape index (κ3) is 4.16. The lowest BCUT2D eigenvalue weighted by Gasteiger charge is -2.27. The van der Waals surface area contributed by atoms with Crippen LogP contribution in [-0.2, 0) is 20.1 Å². The molecule has 0 unspecified atom stereocenters. The lowest BCUT2D eigenvalue weighted by molar-refractivity contribution is 0.0700. The van der Waals surface area contributed by atoms with Gasteiger partial charge in [0.15, 0.2) is 5.82 Å². The number of carbonyl (C=O) groups is 1. The number of nitrogens with two attached hydrogens (primary N) is 1. The lowest BCUT2D eigenvalue weighted by atomic mass is 10.1. The number of piperidine rings is 1. The van der Waals surface area contributed by atoms with E-state index in [0.29, 0.717) is 29.7 Å². The topological polar surface area (TPSA) is 129 Å². The van der Waals surface area contributed by atoms with Crippen LogP contribution in [0.3, 0.4) is 0 Å². The molecule has 8 rings (SSSR count). The Kier molecular flexibility index (Phi) is 6.09. The summed E-state index contributed by atoms with van der Waals surface area (Å²) in [5.41, 5.74) is 12.4. The molecule has 43 heavy (non-hydrogen) atoms. The number of likely N-dealkylation sites (tertiary alicyclic amines) is 1. The van der Waals surface area contributed by atoms with E-state index in [1.165, 1.54) is 12.8 Å². The van der Waals surface area contributed by atoms with Crippen molar-refractivity contribution in [1.29, 1.82) is 0 Å². The third-order valence-electron chi connectivity index (χ3n) is 9.75. The fourth-order valence-corrected chi connectivity index (χ4v) is 7.37. The molecule has 3 aliphatic rings. The van der Waals surface area contributed by atoms with Crippen LogP contribution in [0.25, 0.3) is 44.7 Å². The number of aliphatic hydroxyl groups is 1. The van der Waals surface area contributed by atoms with Crippen molar-refractivity contribution in [2.45, 2.75) is 50.9 Å². The molecule has 1 saturated heterocycles.